The van der Waals surface area contributed by atoms with Gasteiger partial charge in [0.15, 0.2) is 0 Å². The zero-order valence-corrected chi connectivity index (χ0v) is 11.5. The van der Waals surface area contributed by atoms with Crippen molar-refractivity contribution in [2.45, 2.75) is 39.5 Å². The summed E-state index contributed by atoms with van der Waals surface area (Å²) in [5.74, 6) is 0.0145. The van der Waals surface area contributed by atoms with Gasteiger partial charge in [0, 0.05) is 11.1 Å². The highest BCUT2D eigenvalue weighted by molar-refractivity contribution is 7.10. The molecule has 4 heteroatoms. The van der Waals surface area contributed by atoms with Crippen LogP contribution in [0.2, 0.25) is 0 Å². The molecule has 0 N–H and O–H groups in total. The summed E-state index contributed by atoms with van der Waals surface area (Å²) < 4.78 is 1.54. The summed E-state index contributed by atoms with van der Waals surface area (Å²) in [7, 11) is 0. The Morgan fingerprint density at radius 1 is 1.33 bits per heavy atom. The highest BCUT2D eigenvalue weighted by atomic mass is 32.1. The van der Waals surface area contributed by atoms with Crippen LogP contribution in [-0.4, -0.2) is 15.7 Å². The fourth-order valence-corrected chi connectivity index (χ4v) is 3.42. The number of hydrogen-bond donors (Lipinski definition) is 0. The zero-order valence-electron chi connectivity index (χ0n) is 10.7. The van der Waals surface area contributed by atoms with E-state index in [1.807, 2.05) is 25.4 Å². The molecule has 0 atom stereocenters. The minimum Gasteiger partial charge on any atom is -0.267 e. The number of rotatable bonds is 1. The normalized spacial score (nSPS) is 14.6. The first-order valence-electron chi connectivity index (χ1n) is 6.33. The van der Waals surface area contributed by atoms with Crippen molar-refractivity contribution in [2.75, 3.05) is 0 Å². The van der Waals surface area contributed by atoms with Gasteiger partial charge in [0.2, 0.25) is 0 Å². The number of fused-ring (bicyclic) bond motifs is 1. The van der Waals surface area contributed by atoms with E-state index in [9.17, 15) is 4.79 Å². The smallest absolute Gasteiger partial charge is 0.267 e. The molecule has 0 fully saturated rings. The van der Waals surface area contributed by atoms with Crippen LogP contribution in [0.3, 0.4) is 0 Å². The van der Waals surface area contributed by atoms with Crippen molar-refractivity contribution in [2.24, 2.45) is 0 Å². The molecule has 0 aromatic carbocycles. The molecule has 0 aliphatic heterocycles. The topological polar surface area (TPSA) is 34.9 Å². The summed E-state index contributed by atoms with van der Waals surface area (Å²) >= 11 is 1.63. The molecule has 0 bridgehead atoms. The lowest BCUT2D eigenvalue weighted by molar-refractivity contribution is 0.0944. The van der Waals surface area contributed by atoms with Gasteiger partial charge >= 0.3 is 0 Å². The van der Waals surface area contributed by atoms with E-state index in [4.69, 9.17) is 0 Å². The predicted molar refractivity (Wildman–Crippen MR) is 72.4 cm³/mol. The highest BCUT2D eigenvalue weighted by Gasteiger charge is 2.20. The Hall–Kier alpha value is -1.42. The first kappa shape index (κ1) is 11.7. The van der Waals surface area contributed by atoms with Gasteiger partial charge in [0.1, 0.15) is 0 Å². The molecule has 3 rings (SSSR count). The predicted octanol–water partition coefficient (Wildman–Crippen LogP) is 3.13. The standard InChI is InChI=1S/C14H16N2OS/c1-9-8-18-10(2)13(9)14(17)16-7-11-5-3-4-6-12(11)15-16/h7-8H,3-6H2,1-2H3. The lowest BCUT2D eigenvalue weighted by atomic mass is 9.99. The summed E-state index contributed by atoms with van der Waals surface area (Å²) in [5, 5.41) is 6.49. The molecule has 3 nitrogen and oxygen atoms in total. The van der Waals surface area contributed by atoms with Crippen molar-refractivity contribution in [3.8, 4) is 0 Å². The first-order chi connectivity index (χ1) is 8.66. The SMILES string of the molecule is Cc1csc(C)c1C(=O)n1cc2c(n1)CCCC2. The van der Waals surface area contributed by atoms with E-state index < -0.39 is 0 Å². The number of aryl methyl sites for hydroxylation is 4. The van der Waals surface area contributed by atoms with E-state index in [0.717, 1.165) is 34.5 Å². The molecule has 0 unspecified atom stereocenters. The average Bonchev–Trinajstić information content (AvgIpc) is 2.92. The van der Waals surface area contributed by atoms with Crippen LogP contribution in [0.1, 0.15) is 44.9 Å². The van der Waals surface area contributed by atoms with Crippen LogP contribution in [0.25, 0.3) is 0 Å². The number of carbonyl (C=O) groups is 1. The molecule has 1 aliphatic rings. The molecule has 2 aromatic heterocycles. The highest BCUT2D eigenvalue weighted by Crippen LogP contribution is 2.24. The van der Waals surface area contributed by atoms with Gasteiger partial charge in [-0.05, 0) is 56.0 Å². The van der Waals surface area contributed by atoms with Crippen LogP contribution in [0.4, 0.5) is 0 Å². The molecule has 2 heterocycles. The second-order valence-corrected chi connectivity index (χ2v) is 5.99. The second kappa shape index (κ2) is 4.35. The van der Waals surface area contributed by atoms with Crippen LogP contribution in [0.5, 0.6) is 0 Å². The Bertz CT molecular complexity index is 566. The van der Waals surface area contributed by atoms with Crippen molar-refractivity contribution in [1.82, 2.24) is 9.78 Å². The van der Waals surface area contributed by atoms with Crippen LogP contribution in [-0.2, 0) is 12.8 Å². The van der Waals surface area contributed by atoms with Crippen LogP contribution >= 0.6 is 11.3 Å². The number of nitrogens with zero attached hydrogens (tertiary/aromatic N) is 2. The summed E-state index contributed by atoms with van der Waals surface area (Å²) in [4.78, 5) is 13.5. The molecule has 0 saturated carbocycles. The van der Waals surface area contributed by atoms with Crippen molar-refractivity contribution in [3.63, 3.8) is 0 Å². The average molecular weight is 260 g/mol. The third kappa shape index (κ3) is 1.81. The Balaban J connectivity index is 2.00. The Kier molecular flexibility index (Phi) is 2.82. The fourth-order valence-electron chi connectivity index (χ4n) is 2.58. The van der Waals surface area contributed by atoms with E-state index in [2.05, 4.69) is 5.10 Å². The van der Waals surface area contributed by atoms with Gasteiger partial charge in [-0.3, -0.25) is 4.79 Å². The maximum absolute atomic E-state index is 12.5. The van der Waals surface area contributed by atoms with Crippen LogP contribution < -0.4 is 0 Å². The summed E-state index contributed by atoms with van der Waals surface area (Å²) in [6.07, 6.45) is 6.40. The van der Waals surface area contributed by atoms with Gasteiger partial charge < -0.3 is 0 Å². The van der Waals surface area contributed by atoms with Gasteiger partial charge in [-0.15, -0.1) is 11.3 Å². The minimum atomic E-state index is 0.0145. The first-order valence-corrected chi connectivity index (χ1v) is 7.21. The molecular formula is C14H16N2OS. The van der Waals surface area contributed by atoms with Crippen molar-refractivity contribution in [3.05, 3.63) is 38.8 Å². The number of thiophene rings is 1. The van der Waals surface area contributed by atoms with Gasteiger partial charge in [-0.25, -0.2) is 4.68 Å². The number of carbonyl (C=O) groups excluding carboxylic acids is 1. The second-order valence-electron chi connectivity index (χ2n) is 4.91. The van der Waals surface area contributed by atoms with E-state index in [1.54, 1.807) is 11.3 Å². The van der Waals surface area contributed by atoms with Gasteiger partial charge in [0.05, 0.1) is 11.3 Å². The van der Waals surface area contributed by atoms with Crippen molar-refractivity contribution >= 4 is 17.2 Å². The van der Waals surface area contributed by atoms with E-state index in [-0.39, 0.29) is 5.91 Å². The van der Waals surface area contributed by atoms with Gasteiger partial charge in [-0.1, -0.05) is 0 Å². The summed E-state index contributed by atoms with van der Waals surface area (Å²) in [6.45, 7) is 3.98. The zero-order chi connectivity index (χ0) is 12.7. The maximum Gasteiger partial charge on any atom is 0.279 e. The molecule has 0 saturated heterocycles. The maximum atomic E-state index is 12.5. The lowest BCUT2D eigenvalue weighted by Gasteiger charge is -2.06. The summed E-state index contributed by atoms with van der Waals surface area (Å²) in [5.41, 5.74) is 4.23. The van der Waals surface area contributed by atoms with Gasteiger partial charge in [-0.2, -0.15) is 5.10 Å². The lowest BCUT2D eigenvalue weighted by Crippen LogP contribution is -2.14. The van der Waals surface area contributed by atoms with Gasteiger partial charge in [0.25, 0.3) is 5.91 Å². The molecule has 2 aromatic rings. The molecule has 0 amide bonds. The molecule has 0 spiro atoms. The fraction of sp³-hybridized carbons (Fsp3) is 0.429. The quantitative estimate of drug-likeness (QED) is 0.789. The van der Waals surface area contributed by atoms with E-state index in [0.29, 0.717) is 0 Å². The Morgan fingerprint density at radius 3 is 2.78 bits per heavy atom. The third-order valence-corrected chi connectivity index (χ3v) is 4.60. The third-order valence-electron chi connectivity index (χ3n) is 3.57. The van der Waals surface area contributed by atoms with Crippen molar-refractivity contribution in [1.29, 1.82) is 0 Å². The number of hydrogen-bond acceptors (Lipinski definition) is 3. The largest absolute Gasteiger partial charge is 0.279 e. The van der Waals surface area contributed by atoms with Crippen molar-refractivity contribution < 1.29 is 4.79 Å². The monoisotopic (exact) mass is 260 g/mol. The Labute approximate surface area is 110 Å². The molecular weight excluding hydrogens is 244 g/mol. The van der Waals surface area contributed by atoms with E-state index in [1.165, 1.54) is 23.1 Å². The molecule has 0 radical (unpaired) electrons. The number of aromatic nitrogens is 2. The molecule has 18 heavy (non-hydrogen) atoms. The molecule has 94 valence electrons. The van der Waals surface area contributed by atoms with E-state index >= 15 is 0 Å². The Morgan fingerprint density at radius 2 is 2.11 bits per heavy atom. The van der Waals surface area contributed by atoms with Crippen LogP contribution in [0.15, 0.2) is 11.6 Å². The van der Waals surface area contributed by atoms with Crippen LogP contribution in [0, 0.1) is 13.8 Å². The minimum absolute atomic E-state index is 0.0145. The molecule has 1 aliphatic carbocycles. The summed E-state index contributed by atoms with van der Waals surface area (Å²) in [6, 6.07) is 0.